The second-order valence-corrected chi connectivity index (χ2v) is 7.83. The number of hydrogen-bond acceptors (Lipinski definition) is 3. The van der Waals surface area contributed by atoms with Gasteiger partial charge in [0.1, 0.15) is 0 Å². The molecule has 32 heavy (non-hydrogen) atoms. The average Bonchev–Trinajstić information content (AvgIpc) is 2.88. The topological polar surface area (TPSA) is 38.7 Å². The molecule has 150 valence electrons. The van der Waals surface area contributed by atoms with E-state index >= 15 is 0 Å². The summed E-state index contributed by atoms with van der Waals surface area (Å²) in [6.45, 7) is 0. The highest BCUT2D eigenvalue weighted by molar-refractivity contribution is 5.99. The van der Waals surface area contributed by atoms with Crippen LogP contribution in [0.3, 0.4) is 0 Å². The van der Waals surface area contributed by atoms with Gasteiger partial charge in [0.15, 0.2) is 5.82 Å². The highest BCUT2D eigenvalue weighted by atomic mass is 14.9. The molecule has 2 aromatic heterocycles. The van der Waals surface area contributed by atoms with Crippen LogP contribution in [0.5, 0.6) is 0 Å². The van der Waals surface area contributed by atoms with Crippen LogP contribution in [-0.4, -0.2) is 15.0 Å². The van der Waals surface area contributed by atoms with E-state index in [1.165, 1.54) is 21.5 Å². The fraction of sp³-hybridized carbons (Fsp3) is 0. The summed E-state index contributed by atoms with van der Waals surface area (Å²) in [5.41, 5.74) is 4.90. The van der Waals surface area contributed by atoms with E-state index in [-0.39, 0.29) is 0 Å². The van der Waals surface area contributed by atoms with Gasteiger partial charge in [0.05, 0.1) is 11.4 Å². The second-order valence-electron chi connectivity index (χ2n) is 7.83. The van der Waals surface area contributed by atoms with Gasteiger partial charge in [-0.05, 0) is 57.9 Å². The summed E-state index contributed by atoms with van der Waals surface area (Å²) < 4.78 is 0. The standard InChI is InChI=1S/C29H19N3/c1-2-6-20(7-3-1)27-19-28(32-29(31-27)21-12-14-30-15-13-21)25-11-10-24-16-22-8-4-5-9-23(22)17-26(24)18-25/h1-19H. The fourth-order valence-electron chi connectivity index (χ4n) is 4.08. The first kappa shape index (κ1) is 18.4. The van der Waals surface area contributed by atoms with Gasteiger partial charge in [-0.15, -0.1) is 0 Å². The Hall–Kier alpha value is -4.37. The third-order valence-electron chi connectivity index (χ3n) is 5.73. The Morgan fingerprint density at radius 3 is 1.78 bits per heavy atom. The number of fused-ring (bicyclic) bond motifs is 2. The molecule has 0 aliphatic heterocycles. The molecular formula is C29H19N3. The van der Waals surface area contributed by atoms with Crippen LogP contribution in [-0.2, 0) is 0 Å². The molecule has 0 bridgehead atoms. The van der Waals surface area contributed by atoms with E-state index in [1.807, 2.05) is 30.3 Å². The lowest BCUT2D eigenvalue weighted by Gasteiger charge is -2.10. The third kappa shape index (κ3) is 3.40. The summed E-state index contributed by atoms with van der Waals surface area (Å²) >= 11 is 0. The Balaban J connectivity index is 1.55. The molecule has 3 nitrogen and oxygen atoms in total. The van der Waals surface area contributed by atoms with E-state index in [0.717, 1.165) is 28.1 Å². The SMILES string of the molecule is c1ccc(-c2cc(-c3ccc4cc5ccccc5cc4c3)nc(-c3ccncc3)n2)cc1. The molecule has 0 fully saturated rings. The van der Waals surface area contributed by atoms with E-state index in [9.17, 15) is 0 Å². The molecule has 0 aliphatic rings. The van der Waals surface area contributed by atoms with Gasteiger partial charge < -0.3 is 0 Å². The van der Waals surface area contributed by atoms with Crippen LogP contribution in [0.2, 0.25) is 0 Å². The lowest BCUT2D eigenvalue weighted by molar-refractivity contribution is 1.18. The molecular weight excluding hydrogens is 390 g/mol. The minimum Gasteiger partial charge on any atom is -0.265 e. The van der Waals surface area contributed by atoms with Gasteiger partial charge in [-0.25, -0.2) is 9.97 Å². The Morgan fingerprint density at radius 2 is 1.03 bits per heavy atom. The molecule has 6 rings (SSSR count). The maximum absolute atomic E-state index is 4.93. The van der Waals surface area contributed by atoms with Crippen LogP contribution in [0.1, 0.15) is 0 Å². The predicted molar refractivity (Wildman–Crippen MR) is 131 cm³/mol. The minimum atomic E-state index is 0.697. The highest BCUT2D eigenvalue weighted by Gasteiger charge is 2.11. The Kier molecular flexibility index (Phi) is 4.43. The van der Waals surface area contributed by atoms with E-state index in [4.69, 9.17) is 9.97 Å². The van der Waals surface area contributed by atoms with Crippen molar-refractivity contribution < 1.29 is 0 Å². The van der Waals surface area contributed by atoms with Gasteiger partial charge in [-0.2, -0.15) is 0 Å². The van der Waals surface area contributed by atoms with Gasteiger partial charge >= 0.3 is 0 Å². The van der Waals surface area contributed by atoms with Gasteiger partial charge in [-0.3, -0.25) is 4.98 Å². The normalized spacial score (nSPS) is 11.1. The zero-order valence-corrected chi connectivity index (χ0v) is 17.3. The Labute approximate surface area is 186 Å². The van der Waals surface area contributed by atoms with Crippen molar-refractivity contribution in [2.45, 2.75) is 0 Å². The number of nitrogens with zero attached hydrogens (tertiary/aromatic N) is 3. The van der Waals surface area contributed by atoms with Crippen LogP contribution in [0.25, 0.3) is 55.4 Å². The maximum atomic E-state index is 4.93. The molecule has 2 heterocycles. The monoisotopic (exact) mass is 409 g/mol. The van der Waals surface area contributed by atoms with Crippen molar-refractivity contribution in [3.8, 4) is 33.9 Å². The molecule has 4 aromatic carbocycles. The van der Waals surface area contributed by atoms with Crippen molar-refractivity contribution in [3.05, 3.63) is 116 Å². The molecule has 3 heteroatoms. The first-order valence-electron chi connectivity index (χ1n) is 10.6. The van der Waals surface area contributed by atoms with Crippen molar-refractivity contribution in [3.63, 3.8) is 0 Å². The molecule has 0 radical (unpaired) electrons. The first-order valence-corrected chi connectivity index (χ1v) is 10.6. The molecule has 0 N–H and O–H groups in total. The summed E-state index contributed by atoms with van der Waals surface area (Å²) in [6.07, 6.45) is 3.55. The van der Waals surface area contributed by atoms with Crippen molar-refractivity contribution in [1.29, 1.82) is 0 Å². The summed E-state index contributed by atoms with van der Waals surface area (Å²) in [6, 6.07) is 35.7. The van der Waals surface area contributed by atoms with Crippen molar-refractivity contribution in [1.82, 2.24) is 15.0 Å². The summed E-state index contributed by atoms with van der Waals surface area (Å²) in [4.78, 5) is 13.9. The van der Waals surface area contributed by atoms with Crippen LogP contribution >= 0.6 is 0 Å². The average molecular weight is 409 g/mol. The molecule has 0 spiro atoms. The maximum Gasteiger partial charge on any atom is 0.160 e. The molecule has 0 amide bonds. The fourth-order valence-corrected chi connectivity index (χ4v) is 4.08. The number of benzene rings is 4. The molecule has 0 atom stereocenters. The zero-order valence-electron chi connectivity index (χ0n) is 17.3. The Bertz CT molecular complexity index is 1500. The van der Waals surface area contributed by atoms with E-state index in [0.29, 0.717) is 5.82 Å². The second kappa shape index (κ2) is 7.71. The number of hydrogen-bond donors (Lipinski definition) is 0. The van der Waals surface area contributed by atoms with Crippen LogP contribution in [0, 0.1) is 0 Å². The smallest absolute Gasteiger partial charge is 0.160 e. The zero-order chi connectivity index (χ0) is 21.3. The molecule has 0 saturated carbocycles. The van der Waals surface area contributed by atoms with Gasteiger partial charge in [0.2, 0.25) is 0 Å². The van der Waals surface area contributed by atoms with Crippen LogP contribution in [0.15, 0.2) is 116 Å². The number of rotatable bonds is 3. The largest absolute Gasteiger partial charge is 0.265 e. The lowest BCUT2D eigenvalue weighted by Crippen LogP contribution is -1.96. The number of pyridine rings is 1. The molecule has 0 saturated heterocycles. The molecule has 6 aromatic rings. The van der Waals surface area contributed by atoms with E-state index in [2.05, 4.69) is 77.8 Å². The van der Waals surface area contributed by atoms with Crippen LogP contribution < -0.4 is 0 Å². The van der Waals surface area contributed by atoms with Gasteiger partial charge in [0.25, 0.3) is 0 Å². The summed E-state index contributed by atoms with van der Waals surface area (Å²) in [5, 5.41) is 4.91. The van der Waals surface area contributed by atoms with Gasteiger partial charge in [0, 0.05) is 29.1 Å². The number of aromatic nitrogens is 3. The van der Waals surface area contributed by atoms with E-state index < -0.39 is 0 Å². The predicted octanol–water partition coefficient (Wildman–Crippen LogP) is 7.18. The van der Waals surface area contributed by atoms with Crippen LogP contribution in [0.4, 0.5) is 0 Å². The Morgan fingerprint density at radius 1 is 0.406 bits per heavy atom. The molecule has 0 unspecified atom stereocenters. The quantitative estimate of drug-likeness (QED) is 0.291. The van der Waals surface area contributed by atoms with Crippen molar-refractivity contribution >= 4 is 21.5 Å². The van der Waals surface area contributed by atoms with Crippen molar-refractivity contribution in [2.24, 2.45) is 0 Å². The first-order chi connectivity index (χ1) is 15.8. The third-order valence-corrected chi connectivity index (χ3v) is 5.73. The van der Waals surface area contributed by atoms with E-state index in [1.54, 1.807) is 12.4 Å². The minimum absolute atomic E-state index is 0.697. The summed E-state index contributed by atoms with van der Waals surface area (Å²) in [7, 11) is 0. The highest BCUT2D eigenvalue weighted by Crippen LogP contribution is 2.30. The summed E-state index contributed by atoms with van der Waals surface area (Å²) in [5.74, 6) is 0.697. The van der Waals surface area contributed by atoms with Gasteiger partial charge in [-0.1, -0.05) is 66.7 Å². The molecule has 0 aliphatic carbocycles. The lowest BCUT2D eigenvalue weighted by atomic mass is 10.00. The van der Waals surface area contributed by atoms with Crippen molar-refractivity contribution in [2.75, 3.05) is 0 Å².